The summed E-state index contributed by atoms with van der Waals surface area (Å²) >= 11 is 0. The van der Waals surface area contributed by atoms with Crippen molar-refractivity contribution in [2.45, 2.75) is 20.8 Å². The minimum atomic E-state index is 1.28. The molecular weight excluding hydrogens is 204 g/mol. The van der Waals surface area contributed by atoms with E-state index in [0.717, 1.165) is 0 Å². The van der Waals surface area contributed by atoms with Crippen LogP contribution in [0, 0.1) is 13.8 Å². The fourth-order valence-corrected chi connectivity index (χ4v) is 2.14. The Kier molecular flexibility index (Phi) is 3.43. The van der Waals surface area contributed by atoms with Gasteiger partial charge in [0.2, 0.25) is 0 Å². The van der Waals surface area contributed by atoms with Gasteiger partial charge >= 0.3 is 0 Å². The van der Waals surface area contributed by atoms with Crippen LogP contribution in [-0.4, -0.2) is 0 Å². The lowest BCUT2D eigenvalue weighted by Crippen LogP contribution is -1.93. The first-order valence-corrected chi connectivity index (χ1v) is 6.02. The quantitative estimate of drug-likeness (QED) is 0.687. The van der Waals surface area contributed by atoms with Crippen LogP contribution in [-0.2, 0) is 0 Å². The van der Waals surface area contributed by atoms with Crippen LogP contribution in [0.1, 0.15) is 29.2 Å². The molecule has 2 aromatic carbocycles. The van der Waals surface area contributed by atoms with Gasteiger partial charge in [0.15, 0.2) is 0 Å². The molecule has 0 N–H and O–H groups in total. The molecule has 86 valence electrons. The highest BCUT2D eigenvalue weighted by Crippen LogP contribution is 2.27. The first-order chi connectivity index (χ1) is 8.24. The van der Waals surface area contributed by atoms with E-state index < -0.39 is 0 Å². The highest BCUT2D eigenvalue weighted by molar-refractivity contribution is 5.81. The van der Waals surface area contributed by atoms with Gasteiger partial charge in [0.05, 0.1) is 0 Å². The molecule has 0 spiro atoms. The normalized spacial score (nSPS) is 11.6. The molecule has 0 aliphatic heterocycles. The largest absolute Gasteiger partial charge is 0.0792 e. The Balaban J connectivity index is 2.55. The fraction of sp³-hybridized carbons (Fsp3) is 0.176. The summed E-state index contributed by atoms with van der Waals surface area (Å²) in [4.78, 5) is 0. The number of allylic oxidation sites excluding steroid dienone is 1. The summed E-state index contributed by atoms with van der Waals surface area (Å²) in [6.45, 7) is 6.46. The van der Waals surface area contributed by atoms with Crippen LogP contribution in [0.3, 0.4) is 0 Å². The summed E-state index contributed by atoms with van der Waals surface area (Å²) < 4.78 is 0. The molecule has 0 amide bonds. The molecule has 0 heterocycles. The van der Waals surface area contributed by atoms with Gasteiger partial charge in [-0.15, -0.1) is 0 Å². The van der Waals surface area contributed by atoms with Crippen LogP contribution >= 0.6 is 0 Å². The maximum Gasteiger partial charge on any atom is -0.0149 e. The van der Waals surface area contributed by atoms with Crippen molar-refractivity contribution in [2.75, 3.05) is 0 Å². The average molecular weight is 222 g/mol. The molecule has 2 aromatic rings. The van der Waals surface area contributed by atoms with Gasteiger partial charge in [-0.05, 0) is 48.6 Å². The first kappa shape index (κ1) is 11.7. The summed E-state index contributed by atoms with van der Waals surface area (Å²) in [5.74, 6) is 0. The highest BCUT2D eigenvalue weighted by atomic mass is 14.1. The van der Waals surface area contributed by atoms with Crippen LogP contribution in [0.2, 0.25) is 0 Å². The van der Waals surface area contributed by atoms with E-state index in [0.29, 0.717) is 0 Å². The molecule has 0 saturated heterocycles. The Morgan fingerprint density at radius 2 is 1.59 bits per heavy atom. The van der Waals surface area contributed by atoms with E-state index in [4.69, 9.17) is 0 Å². The third-order valence-corrected chi connectivity index (χ3v) is 3.27. The Morgan fingerprint density at radius 1 is 0.882 bits per heavy atom. The second-order valence-electron chi connectivity index (χ2n) is 4.32. The van der Waals surface area contributed by atoms with Gasteiger partial charge in [-0.2, -0.15) is 0 Å². The molecule has 0 atom stereocenters. The van der Waals surface area contributed by atoms with Gasteiger partial charge in [-0.1, -0.05) is 54.6 Å². The van der Waals surface area contributed by atoms with Crippen molar-refractivity contribution in [3.63, 3.8) is 0 Å². The molecule has 0 aliphatic carbocycles. The van der Waals surface area contributed by atoms with Crippen molar-refractivity contribution in [3.05, 3.63) is 76.9 Å². The topological polar surface area (TPSA) is 0 Å². The van der Waals surface area contributed by atoms with Gasteiger partial charge in [0.1, 0.15) is 0 Å². The van der Waals surface area contributed by atoms with Gasteiger partial charge in [0.25, 0.3) is 0 Å². The van der Waals surface area contributed by atoms with Gasteiger partial charge in [-0.25, -0.2) is 0 Å². The minimum absolute atomic E-state index is 1.28. The second kappa shape index (κ2) is 5.01. The zero-order valence-electron chi connectivity index (χ0n) is 10.7. The standard InChI is InChI=1S/C17H18/c1-4-16(15-10-6-5-7-11-15)17-12-8-9-13(2)14(17)3/h4-12H,1-3H3. The summed E-state index contributed by atoms with van der Waals surface area (Å²) in [7, 11) is 0. The van der Waals surface area contributed by atoms with Crippen molar-refractivity contribution in [1.82, 2.24) is 0 Å². The van der Waals surface area contributed by atoms with E-state index in [1.165, 1.54) is 27.8 Å². The Hall–Kier alpha value is -1.82. The molecule has 17 heavy (non-hydrogen) atoms. The van der Waals surface area contributed by atoms with E-state index >= 15 is 0 Å². The summed E-state index contributed by atoms with van der Waals surface area (Å²) in [6.07, 6.45) is 2.19. The number of hydrogen-bond donors (Lipinski definition) is 0. The van der Waals surface area contributed by atoms with Crippen LogP contribution in [0.25, 0.3) is 5.57 Å². The molecule has 0 bridgehead atoms. The van der Waals surface area contributed by atoms with E-state index in [9.17, 15) is 0 Å². The number of aryl methyl sites for hydroxylation is 1. The maximum absolute atomic E-state index is 2.20. The molecule has 0 unspecified atom stereocenters. The Bertz CT molecular complexity index is 533. The Morgan fingerprint density at radius 3 is 2.24 bits per heavy atom. The lowest BCUT2D eigenvalue weighted by atomic mass is 9.92. The van der Waals surface area contributed by atoms with E-state index in [-0.39, 0.29) is 0 Å². The lowest BCUT2D eigenvalue weighted by Gasteiger charge is -2.12. The second-order valence-corrected chi connectivity index (χ2v) is 4.32. The summed E-state index contributed by atoms with van der Waals surface area (Å²) in [5, 5.41) is 0. The third-order valence-electron chi connectivity index (χ3n) is 3.27. The van der Waals surface area contributed by atoms with Crippen LogP contribution in [0.5, 0.6) is 0 Å². The molecule has 0 nitrogen and oxygen atoms in total. The highest BCUT2D eigenvalue weighted by Gasteiger charge is 2.07. The van der Waals surface area contributed by atoms with E-state index in [1.54, 1.807) is 0 Å². The van der Waals surface area contributed by atoms with Crippen molar-refractivity contribution in [1.29, 1.82) is 0 Å². The first-order valence-electron chi connectivity index (χ1n) is 6.02. The smallest absolute Gasteiger partial charge is 0.0149 e. The number of hydrogen-bond acceptors (Lipinski definition) is 0. The number of benzene rings is 2. The molecule has 2 rings (SSSR count). The predicted octanol–water partition coefficient (Wildman–Crippen LogP) is 4.76. The van der Waals surface area contributed by atoms with Crippen molar-refractivity contribution < 1.29 is 0 Å². The molecule has 0 radical (unpaired) electrons. The maximum atomic E-state index is 2.20. The predicted molar refractivity (Wildman–Crippen MR) is 75.1 cm³/mol. The Labute approximate surface area is 104 Å². The van der Waals surface area contributed by atoms with E-state index in [2.05, 4.69) is 75.4 Å². The van der Waals surface area contributed by atoms with Crippen LogP contribution in [0.4, 0.5) is 0 Å². The zero-order valence-corrected chi connectivity index (χ0v) is 10.7. The third kappa shape index (κ3) is 2.31. The lowest BCUT2D eigenvalue weighted by molar-refractivity contribution is 1.31. The van der Waals surface area contributed by atoms with Crippen molar-refractivity contribution in [2.24, 2.45) is 0 Å². The van der Waals surface area contributed by atoms with E-state index in [1.807, 2.05) is 0 Å². The van der Waals surface area contributed by atoms with Crippen molar-refractivity contribution in [3.8, 4) is 0 Å². The monoisotopic (exact) mass is 222 g/mol. The van der Waals surface area contributed by atoms with Crippen molar-refractivity contribution >= 4 is 5.57 Å². The van der Waals surface area contributed by atoms with Gasteiger partial charge in [0, 0.05) is 0 Å². The average Bonchev–Trinajstić information content (AvgIpc) is 2.37. The van der Waals surface area contributed by atoms with Crippen LogP contribution < -0.4 is 0 Å². The molecule has 0 aromatic heterocycles. The molecule has 0 aliphatic rings. The summed E-state index contributed by atoms with van der Waals surface area (Å²) in [6, 6.07) is 17.0. The molecular formula is C17H18. The van der Waals surface area contributed by atoms with Gasteiger partial charge < -0.3 is 0 Å². The summed E-state index contributed by atoms with van der Waals surface area (Å²) in [5.41, 5.74) is 6.64. The molecule has 0 heteroatoms. The molecule has 0 saturated carbocycles. The minimum Gasteiger partial charge on any atom is -0.0792 e. The molecule has 0 fully saturated rings. The fourth-order valence-electron chi connectivity index (χ4n) is 2.14. The SMILES string of the molecule is CC=C(c1ccccc1)c1cccc(C)c1C. The van der Waals surface area contributed by atoms with Gasteiger partial charge in [-0.3, -0.25) is 0 Å². The number of rotatable bonds is 2. The van der Waals surface area contributed by atoms with Crippen LogP contribution in [0.15, 0.2) is 54.6 Å². The zero-order chi connectivity index (χ0) is 12.3.